The molecule has 20 heavy (non-hydrogen) atoms. The van der Waals surface area contributed by atoms with E-state index in [1.165, 1.54) is 17.7 Å². The van der Waals surface area contributed by atoms with Crippen molar-refractivity contribution in [1.29, 1.82) is 0 Å². The number of anilines is 1. The molecule has 1 aromatic carbocycles. The number of rotatable bonds is 3. The lowest BCUT2D eigenvalue weighted by Gasteiger charge is -2.05. The second-order valence-corrected chi connectivity index (χ2v) is 5.25. The normalized spacial score (nSPS) is 10.4. The monoisotopic (exact) mass is 284 g/mol. The quantitative estimate of drug-likeness (QED) is 0.792. The van der Waals surface area contributed by atoms with Crippen LogP contribution in [0.2, 0.25) is 0 Å². The van der Waals surface area contributed by atoms with Crippen LogP contribution in [0.5, 0.6) is 0 Å². The number of carbonyl (C=O) groups is 1. The van der Waals surface area contributed by atoms with Crippen LogP contribution in [0.3, 0.4) is 0 Å². The number of hydrogen-bond donors (Lipinski definition) is 1. The second kappa shape index (κ2) is 5.30. The number of thiophene rings is 1. The van der Waals surface area contributed by atoms with Gasteiger partial charge in [-0.25, -0.2) is 4.98 Å². The highest BCUT2D eigenvalue weighted by atomic mass is 32.1. The number of aromatic nitrogens is 1. The molecule has 0 aliphatic carbocycles. The molecule has 2 aromatic heterocycles. The molecule has 0 saturated heterocycles. The molecule has 1 amide bonds. The zero-order chi connectivity index (χ0) is 13.9. The Labute approximate surface area is 120 Å². The molecule has 3 rings (SSSR count). The van der Waals surface area contributed by atoms with Crippen LogP contribution in [0.25, 0.3) is 11.3 Å². The van der Waals surface area contributed by atoms with Crippen molar-refractivity contribution in [2.24, 2.45) is 0 Å². The fourth-order valence-corrected chi connectivity index (χ4v) is 2.69. The minimum absolute atomic E-state index is 0.0788. The SMILES string of the molecule is Cc1ccsc1C(=O)Nc1ccc(-c2cnco2)cc1. The van der Waals surface area contributed by atoms with Crippen molar-refractivity contribution in [3.8, 4) is 11.3 Å². The summed E-state index contributed by atoms with van der Waals surface area (Å²) in [4.78, 5) is 16.7. The molecule has 1 N–H and O–H groups in total. The Hall–Kier alpha value is -2.40. The lowest BCUT2D eigenvalue weighted by molar-refractivity contribution is 0.103. The summed E-state index contributed by atoms with van der Waals surface area (Å²) < 4.78 is 5.22. The lowest BCUT2D eigenvalue weighted by atomic mass is 10.1. The summed E-state index contributed by atoms with van der Waals surface area (Å²) in [5, 5.41) is 4.80. The summed E-state index contributed by atoms with van der Waals surface area (Å²) >= 11 is 1.44. The highest BCUT2D eigenvalue weighted by Crippen LogP contribution is 2.22. The Balaban J connectivity index is 1.76. The molecule has 2 heterocycles. The number of carbonyl (C=O) groups excluding carboxylic acids is 1. The summed E-state index contributed by atoms with van der Waals surface area (Å²) in [5.74, 6) is 0.627. The number of aryl methyl sites for hydroxylation is 1. The van der Waals surface area contributed by atoms with Gasteiger partial charge in [0.05, 0.1) is 11.1 Å². The van der Waals surface area contributed by atoms with E-state index in [2.05, 4.69) is 10.3 Å². The maximum Gasteiger partial charge on any atom is 0.265 e. The summed E-state index contributed by atoms with van der Waals surface area (Å²) in [6.45, 7) is 1.93. The van der Waals surface area contributed by atoms with Crippen LogP contribution < -0.4 is 5.32 Å². The minimum Gasteiger partial charge on any atom is -0.444 e. The number of oxazole rings is 1. The third-order valence-electron chi connectivity index (χ3n) is 2.93. The molecule has 4 nitrogen and oxygen atoms in total. The maximum atomic E-state index is 12.1. The lowest BCUT2D eigenvalue weighted by Crippen LogP contribution is -2.11. The van der Waals surface area contributed by atoms with Crippen molar-refractivity contribution in [1.82, 2.24) is 4.98 Å². The van der Waals surface area contributed by atoms with Crippen LogP contribution in [-0.4, -0.2) is 10.9 Å². The van der Waals surface area contributed by atoms with Crippen molar-refractivity contribution in [2.75, 3.05) is 5.32 Å². The summed E-state index contributed by atoms with van der Waals surface area (Å²) in [7, 11) is 0. The predicted octanol–water partition coefficient (Wildman–Crippen LogP) is 3.96. The van der Waals surface area contributed by atoms with Crippen molar-refractivity contribution < 1.29 is 9.21 Å². The molecular weight excluding hydrogens is 272 g/mol. The molecule has 0 atom stereocenters. The highest BCUT2D eigenvalue weighted by molar-refractivity contribution is 7.12. The van der Waals surface area contributed by atoms with Gasteiger partial charge in [0.1, 0.15) is 0 Å². The fraction of sp³-hybridized carbons (Fsp3) is 0.0667. The molecule has 3 aromatic rings. The molecule has 0 aliphatic heterocycles. The van der Waals surface area contributed by atoms with E-state index in [0.29, 0.717) is 5.76 Å². The van der Waals surface area contributed by atoms with Crippen LogP contribution in [0.15, 0.2) is 52.7 Å². The van der Waals surface area contributed by atoms with Crippen LogP contribution in [-0.2, 0) is 0 Å². The van der Waals surface area contributed by atoms with Crippen LogP contribution in [0, 0.1) is 6.92 Å². The number of amides is 1. The number of benzene rings is 1. The van der Waals surface area contributed by atoms with E-state index in [0.717, 1.165) is 21.7 Å². The summed E-state index contributed by atoms with van der Waals surface area (Å²) in [6.07, 6.45) is 3.05. The van der Waals surface area contributed by atoms with E-state index >= 15 is 0 Å². The van der Waals surface area contributed by atoms with Gasteiger partial charge in [0.25, 0.3) is 5.91 Å². The van der Waals surface area contributed by atoms with Crippen molar-refractivity contribution in [2.45, 2.75) is 6.92 Å². The molecular formula is C15H12N2O2S. The van der Waals surface area contributed by atoms with Gasteiger partial charge in [-0.3, -0.25) is 4.79 Å². The zero-order valence-electron chi connectivity index (χ0n) is 10.8. The van der Waals surface area contributed by atoms with Gasteiger partial charge in [-0.1, -0.05) is 0 Å². The predicted molar refractivity (Wildman–Crippen MR) is 78.9 cm³/mol. The van der Waals surface area contributed by atoms with Gasteiger partial charge < -0.3 is 9.73 Å². The second-order valence-electron chi connectivity index (χ2n) is 4.33. The fourth-order valence-electron chi connectivity index (χ4n) is 1.87. The van der Waals surface area contributed by atoms with Gasteiger partial charge in [-0.05, 0) is 48.2 Å². The number of nitrogens with zero attached hydrogens (tertiary/aromatic N) is 1. The zero-order valence-corrected chi connectivity index (χ0v) is 11.6. The van der Waals surface area contributed by atoms with Gasteiger partial charge in [0.15, 0.2) is 12.2 Å². The number of hydrogen-bond acceptors (Lipinski definition) is 4. The standard InChI is InChI=1S/C15H12N2O2S/c1-10-6-7-20-14(10)15(18)17-12-4-2-11(3-5-12)13-8-16-9-19-13/h2-9H,1H3,(H,17,18). The Morgan fingerprint density at radius 2 is 2.05 bits per heavy atom. The van der Waals surface area contributed by atoms with Gasteiger partial charge in [-0.15, -0.1) is 11.3 Å². The smallest absolute Gasteiger partial charge is 0.265 e. The van der Waals surface area contributed by atoms with E-state index in [1.807, 2.05) is 42.6 Å². The van der Waals surface area contributed by atoms with Gasteiger partial charge in [0, 0.05) is 11.3 Å². The molecule has 0 spiro atoms. The van der Waals surface area contributed by atoms with E-state index < -0.39 is 0 Å². The summed E-state index contributed by atoms with van der Waals surface area (Å²) in [5.41, 5.74) is 2.67. The first-order chi connectivity index (χ1) is 9.74. The van der Waals surface area contributed by atoms with E-state index in [4.69, 9.17) is 4.42 Å². The van der Waals surface area contributed by atoms with E-state index in [-0.39, 0.29) is 5.91 Å². The summed E-state index contributed by atoms with van der Waals surface area (Å²) in [6, 6.07) is 9.40. The van der Waals surface area contributed by atoms with Crippen LogP contribution in [0.4, 0.5) is 5.69 Å². The Bertz CT molecular complexity index is 715. The molecule has 0 fully saturated rings. The van der Waals surface area contributed by atoms with Crippen molar-refractivity contribution in [3.63, 3.8) is 0 Å². The first-order valence-electron chi connectivity index (χ1n) is 6.08. The average molecular weight is 284 g/mol. The third-order valence-corrected chi connectivity index (χ3v) is 3.94. The third kappa shape index (κ3) is 2.48. The maximum absolute atomic E-state index is 12.1. The Kier molecular flexibility index (Phi) is 3.35. The van der Waals surface area contributed by atoms with Gasteiger partial charge in [0.2, 0.25) is 0 Å². The molecule has 100 valence electrons. The van der Waals surface area contributed by atoms with Crippen molar-refractivity contribution in [3.05, 3.63) is 58.7 Å². The van der Waals surface area contributed by atoms with Crippen LogP contribution in [0.1, 0.15) is 15.2 Å². The van der Waals surface area contributed by atoms with Gasteiger partial charge >= 0.3 is 0 Å². The van der Waals surface area contributed by atoms with E-state index in [1.54, 1.807) is 6.20 Å². The molecule has 0 unspecified atom stereocenters. The van der Waals surface area contributed by atoms with E-state index in [9.17, 15) is 4.79 Å². The van der Waals surface area contributed by atoms with Crippen molar-refractivity contribution >= 4 is 22.9 Å². The molecule has 0 aliphatic rings. The Morgan fingerprint density at radius 3 is 2.65 bits per heavy atom. The molecule has 0 saturated carbocycles. The topological polar surface area (TPSA) is 55.1 Å². The molecule has 5 heteroatoms. The molecule has 0 radical (unpaired) electrons. The van der Waals surface area contributed by atoms with Crippen LogP contribution >= 0.6 is 11.3 Å². The highest BCUT2D eigenvalue weighted by Gasteiger charge is 2.10. The largest absolute Gasteiger partial charge is 0.444 e. The first kappa shape index (κ1) is 12.6. The Morgan fingerprint density at radius 1 is 1.25 bits per heavy atom. The molecule has 0 bridgehead atoms. The average Bonchev–Trinajstić information content (AvgIpc) is 3.10. The first-order valence-corrected chi connectivity index (χ1v) is 6.96. The minimum atomic E-state index is -0.0788. The number of nitrogens with one attached hydrogen (secondary N) is 1. The van der Waals surface area contributed by atoms with Gasteiger partial charge in [-0.2, -0.15) is 0 Å².